The van der Waals surface area contributed by atoms with Gasteiger partial charge in [-0.25, -0.2) is 0 Å². The first-order valence-electron chi connectivity index (χ1n) is 9.85. The van der Waals surface area contributed by atoms with E-state index in [1.54, 1.807) is 0 Å². The Bertz CT molecular complexity index is 521. The van der Waals surface area contributed by atoms with E-state index in [0.29, 0.717) is 5.92 Å². The van der Waals surface area contributed by atoms with Crippen molar-refractivity contribution in [3.8, 4) is 0 Å². The molecule has 2 N–H and O–H groups in total. The summed E-state index contributed by atoms with van der Waals surface area (Å²) in [5, 5.41) is 6.95. The van der Waals surface area contributed by atoms with Crippen LogP contribution in [0.25, 0.3) is 0 Å². The molecule has 1 heterocycles. The predicted molar refractivity (Wildman–Crippen MR) is 124 cm³/mol. The van der Waals surface area contributed by atoms with E-state index < -0.39 is 0 Å². The molecule has 1 saturated heterocycles. The monoisotopic (exact) mass is 472 g/mol. The summed E-state index contributed by atoms with van der Waals surface area (Å²) in [5.41, 5.74) is 2.68. The molecule has 1 atom stereocenters. The van der Waals surface area contributed by atoms with Gasteiger partial charge in [0.1, 0.15) is 0 Å². The highest BCUT2D eigenvalue weighted by molar-refractivity contribution is 14.0. The van der Waals surface area contributed by atoms with Gasteiger partial charge in [-0.3, -0.25) is 4.99 Å². The number of aryl methyl sites for hydroxylation is 1. The normalized spacial score (nSPS) is 17.5. The molecule has 1 aromatic carbocycles. The van der Waals surface area contributed by atoms with E-state index in [4.69, 9.17) is 0 Å². The van der Waals surface area contributed by atoms with Crippen LogP contribution in [0.1, 0.15) is 50.2 Å². The first-order chi connectivity index (χ1) is 12.1. The molecule has 148 valence electrons. The van der Waals surface area contributed by atoms with Crippen LogP contribution in [0.15, 0.2) is 29.3 Å². The van der Waals surface area contributed by atoms with Crippen molar-refractivity contribution < 1.29 is 0 Å². The van der Waals surface area contributed by atoms with Gasteiger partial charge in [-0.05, 0) is 63.2 Å². The van der Waals surface area contributed by atoms with Crippen molar-refractivity contribution in [3.05, 3.63) is 35.4 Å². The number of nitrogens with one attached hydrogen (secondary N) is 2. The van der Waals surface area contributed by atoms with Crippen LogP contribution in [0, 0.1) is 12.8 Å². The van der Waals surface area contributed by atoms with E-state index in [-0.39, 0.29) is 24.0 Å². The van der Waals surface area contributed by atoms with Crippen molar-refractivity contribution in [1.29, 1.82) is 0 Å². The summed E-state index contributed by atoms with van der Waals surface area (Å²) in [6, 6.07) is 8.81. The topological polar surface area (TPSA) is 39.7 Å². The number of halogens is 1. The minimum absolute atomic E-state index is 0. The Morgan fingerprint density at radius 2 is 1.85 bits per heavy atom. The van der Waals surface area contributed by atoms with Gasteiger partial charge in [-0.2, -0.15) is 0 Å². The molecule has 1 unspecified atom stereocenters. The molecule has 0 amide bonds. The summed E-state index contributed by atoms with van der Waals surface area (Å²) in [7, 11) is 1.85. The highest BCUT2D eigenvalue weighted by Gasteiger charge is 2.17. The van der Waals surface area contributed by atoms with Gasteiger partial charge in [-0.15, -0.1) is 24.0 Å². The smallest absolute Gasteiger partial charge is 0.190 e. The second-order valence-corrected chi connectivity index (χ2v) is 7.36. The number of piperidine rings is 1. The zero-order valence-electron chi connectivity index (χ0n) is 16.9. The number of benzene rings is 1. The largest absolute Gasteiger partial charge is 0.356 e. The molecule has 5 heteroatoms. The third-order valence-electron chi connectivity index (χ3n) is 5.45. The van der Waals surface area contributed by atoms with Gasteiger partial charge in [0.15, 0.2) is 5.96 Å². The molecule has 0 aliphatic carbocycles. The summed E-state index contributed by atoms with van der Waals surface area (Å²) in [6.07, 6.45) is 3.92. The van der Waals surface area contributed by atoms with E-state index in [1.165, 1.54) is 50.0 Å². The van der Waals surface area contributed by atoms with Crippen molar-refractivity contribution in [2.45, 2.75) is 46.0 Å². The van der Waals surface area contributed by atoms with Crippen LogP contribution >= 0.6 is 24.0 Å². The molecule has 1 aliphatic heterocycles. The lowest BCUT2D eigenvalue weighted by molar-refractivity contribution is 0.187. The molecule has 0 spiro atoms. The van der Waals surface area contributed by atoms with Gasteiger partial charge in [0.05, 0.1) is 0 Å². The minimum Gasteiger partial charge on any atom is -0.356 e. The maximum Gasteiger partial charge on any atom is 0.190 e. The lowest BCUT2D eigenvalue weighted by Crippen LogP contribution is -2.40. The van der Waals surface area contributed by atoms with Crippen LogP contribution in [0.2, 0.25) is 0 Å². The number of aliphatic imine (C=N–C) groups is 1. The Morgan fingerprint density at radius 1 is 1.19 bits per heavy atom. The minimum atomic E-state index is 0. The molecular weight excluding hydrogens is 435 g/mol. The summed E-state index contributed by atoms with van der Waals surface area (Å²) in [5.74, 6) is 2.25. The average Bonchev–Trinajstić information content (AvgIpc) is 2.65. The van der Waals surface area contributed by atoms with E-state index in [0.717, 1.165) is 25.0 Å². The van der Waals surface area contributed by atoms with E-state index in [2.05, 4.69) is 65.6 Å². The lowest BCUT2D eigenvalue weighted by Gasteiger charge is -2.31. The van der Waals surface area contributed by atoms with Crippen LogP contribution in [-0.4, -0.2) is 50.6 Å². The second-order valence-electron chi connectivity index (χ2n) is 7.36. The predicted octanol–water partition coefficient (Wildman–Crippen LogP) is 4.00. The maximum atomic E-state index is 4.36. The summed E-state index contributed by atoms with van der Waals surface area (Å²) in [6.45, 7) is 12.3. The van der Waals surface area contributed by atoms with Gasteiger partial charge in [0.25, 0.3) is 0 Å². The zero-order valence-corrected chi connectivity index (χ0v) is 19.3. The van der Waals surface area contributed by atoms with Crippen LogP contribution < -0.4 is 10.6 Å². The van der Waals surface area contributed by atoms with Gasteiger partial charge in [0.2, 0.25) is 0 Å². The molecule has 1 aromatic rings. The Balaban J connectivity index is 0.00000338. The molecule has 1 aliphatic rings. The fourth-order valence-corrected chi connectivity index (χ4v) is 3.47. The maximum absolute atomic E-state index is 4.36. The fraction of sp³-hybridized carbons (Fsp3) is 0.667. The Hall–Kier alpha value is -0.820. The third-order valence-corrected chi connectivity index (χ3v) is 5.45. The van der Waals surface area contributed by atoms with Crippen LogP contribution in [0.5, 0.6) is 0 Å². The Labute approximate surface area is 177 Å². The summed E-state index contributed by atoms with van der Waals surface area (Å²) >= 11 is 0. The number of nitrogens with zero attached hydrogens (tertiary/aromatic N) is 2. The van der Waals surface area contributed by atoms with Crippen molar-refractivity contribution >= 4 is 29.9 Å². The molecule has 1 fully saturated rings. The molecule has 0 aromatic heterocycles. The third kappa shape index (κ3) is 7.82. The number of hydrogen-bond acceptors (Lipinski definition) is 2. The highest BCUT2D eigenvalue weighted by Crippen LogP contribution is 2.19. The van der Waals surface area contributed by atoms with E-state index >= 15 is 0 Å². The summed E-state index contributed by atoms with van der Waals surface area (Å²) < 4.78 is 0. The molecule has 4 nitrogen and oxygen atoms in total. The molecule has 0 saturated carbocycles. The van der Waals surface area contributed by atoms with E-state index in [9.17, 15) is 0 Å². The molecule has 2 rings (SSSR count). The quantitative estimate of drug-likeness (QED) is 0.358. The van der Waals surface area contributed by atoms with Crippen molar-refractivity contribution in [2.24, 2.45) is 10.9 Å². The van der Waals surface area contributed by atoms with Crippen LogP contribution in [0.3, 0.4) is 0 Å². The number of guanidine groups is 1. The lowest BCUT2D eigenvalue weighted by atomic mass is 9.93. The van der Waals surface area contributed by atoms with Gasteiger partial charge >= 0.3 is 0 Å². The number of rotatable bonds is 7. The molecule has 26 heavy (non-hydrogen) atoms. The molecule has 0 bridgehead atoms. The first kappa shape index (κ1) is 23.2. The van der Waals surface area contributed by atoms with Crippen molar-refractivity contribution in [2.75, 3.05) is 39.8 Å². The highest BCUT2D eigenvalue weighted by atomic mass is 127. The standard InChI is InChI=1S/C21H36N4.HI/c1-5-25-14-11-19(12-15-25)10-13-23-21(22-4)24-16-18(3)20-8-6-17(2)7-9-20;/h6-9,18-19H,5,10-16H2,1-4H3,(H2,22,23,24);1H. The number of likely N-dealkylation sites (tertiary alicyclic amines) is 1. The zero-order chi connectivity index (χ0) is 18.1. The van der Waals surface area contributed by atoms with E-state index in [1.807, 2.05) is 7.05 Å². The molecular formula is C21H37IN4. The fourth-order valence-electron chi connectivity index (χ4n) is 3.47. The Morgan fingerprint density at radius 3 is 2.42 bits per heavy atom. The Kier molecular flexibility index (Phi) is 11.2. The number of hydrogen-bond donors (Lipinski definition) is 2. The van der Waals surface area contributed by atoms with Crippen LogP contribution in [0.4, 0.5) is 0 Å². The van der Waals surface area contributed by atoms with Crippen molar-refractivity contribution in [1.82, 2.24) is 15.5 Å². The van der Waals surface area contributed by atoms with Gasteiger partial charge in [0, 0.05) is 20.1 Å². The van der Waals surface area contributed by atoms with Crippen LogP contribution in [-0.2, 0) is 0 Å². The second kappa shape index (κ2) is 12.5. The van der Waals surface area contributed by atoms with Gasteiger partial charge in [-0.1, -0.05) is 43.7 Å². The average molecular weight is 472 g/mol. The molecule has 0 radical (unpaired) electrons. The first-order valence-corrected chi connectivity index (χ1v) is 9.85. The SMILES string of the molecule is CCN1CCC(CCNC(=NC)NCC(C)c2ccc(C)cc2)CC1.I. The van der Waals surface area contributed by atoms with Gasteiger partial charge < -0.3 is 15.5 Å². The van der Waals surface area contributed by atoms with Crippen molar-refractivity contribution in [3.63, 3.8) is 0 Å². The summed E-state index contributed by atoms with van der Waals surface area (Å²) in [4.78, 5) is 6.91.